The van der Waals surface area contributed by atoms with Gasteiger partial charge in [0.05, 0.1) is 11.4 Å². The van der Waals surface area contributed by atoms with Crippen molar-refractivity contribution in [3.8, 4) is 56.8 Å². The van der Waals surface area contributed by atoms with Gasteiger partial charge in [-0.1, -0.05) is 166 Å². The van der Waals surface area contributed by atoms with Gasteiger partial charge in [0, 0.05) is 49.3 Å². The molecule has 250 valence electrons. The summed E-state index contributed by atoms with van der Waals surface area (Å²) >= 11 is 1.95. The van der Waals surface area contributed by atoms with E-state index in [4.69, 9.17) is 24.9 Å². The van der Waals surface area contributed by atoms with Gasteiger partial charge in [-0.25, -0.2) is 24.9 Å². The predicted molar refractivity (Wildman–Crippen MR) is 212 cm³/mol. The molecule has 0 saturated carbocycles. The van der Waals surface area contributed by atoms with Gasteiger partial charge in [0.15, 0.2) is 23.3 Å². The summed E-state index contributed by atoms with van der Waals surface area (Å²) in [6.07, 6.45) is 6.84. The Balaban J connectivity index is 1.12. The summed E-state index contributed by atoms with van der Waals surface area (Å²) in [5, 5.41) is 0.227. The third-order valence-electron chi connectivity index (χ3n) is 10.0. The normalized spacial score (nSPS) is 17.2. The average molecular weight is 690 g/mol. The van der Waals surface area contributed by atoms with Crippen LogP contribution in [0.15, 0.2) is 174 Å². The fourth-order valence-corrected chi connectivity index (χ4v) is 8.99. The molecule has 52 heavy (non-hydrogen) atoms. The van der Waals surface area contributed by atoms with Crippen LogP contribution in [0.5, 0.6) is 0 Å². The van der Waals surface area contributed by atoms with Crippen LogP contribution in [-0.4, -0.2) is 30.2 Å². The summed E-state index contributed by atoms with van der Waals surface area (Å²) in [4.78, 5) is 26.5. The molecule has 5 aromatic carbocycles. The van der Waals surface area contributed by atoms with Gasteiger partial charge in [-0.2, -0.15) is 0 Å². The average Bonchev–Trinajstić information content (AvgIpc) is 3.21. The van der Waals surface area contributed by atoms with Crippen molar-refractivity contribution in [2.45, 2.75) is 35.3 Å². The van der Waals surface area contributed by atoms with E-state index < -0.39 is 0 Å². The molecule has 0 N–H and O–H groups in total. The zero-order valence-electron chi connectivity index (χ0n) is 28.9. The van der Waals surface area contributed by atoms with Crippen LogP contribution in [0.1, 0.15) is 31.0 Å². The van der Waals surface area contributed by atoms with Gasteiger partial charge >= 0.3 is 0 Å². The highest BCUT2D eigenvalue weighted by atomic mass is 32.2. The second-order valence-corrected chi connectivity index (χ2v) is 14.9. The first-order valence-electron chi connectivity index (χ1n) is 17.6. The number of nitrogens with zero attached hydrogens (tertiary/aromatic N) is 5. The fourth-order valence-electron chi connectivity index (χ4n) is 7.23. The summed E-state index contributed by atoms with van der Waals surface area (Å²) < 4.78 is 0. The lowest BCUT2D eigenvalue weighted by atomic mass is 9.71. The highest BCUT2D eigenvalue weighted by Gasteiger charge is 2.42. The largest absolute Gasteiger partial charge is 0.232 e. The van der Waals surface area contributed by atoms with Crippen molar-refractivity contribution in [3.05, 3.63) is 181 Å². The van der Waals surface area contributed by atoms with Crippen molar-refractivity contribution in [2.75, 3.05) is 0 Å². The maximum atomic E-state index is 5.26. The Morgan fingerprint density at radius 3 is 1.56 bits per heavy atom. The van der Waals surface area contributed by atoms with Gasteiger partial charge in [0.1, 0.15) is 0 Å². The third kappa shape index (κ3) is 5.95. The molecule has 0 radical (unpaired) electrons. The van der Waals surface area contributed by atoms with Gasteiger partial charge in [-0.3, -0.25) is 0 Å². The lowest BCUT2D eigenvalue weighted by Gasteiger charge is -2.43. The highest BCUT2D eigenvalue weighted by molar-refractivity contribution is 8.00. The lowest BCUT2D eigenvalue weighted by Crippen LogP contribution is -2.35. The molecule has 9 rings (SSSR count). The Hall–Kier alpha value is -5.98. The number of rotatable bonds is 6. The molecule has 2 atom stereocenters. The number of aromatic nitrogens is 5. The summed E-state index contributed by atoms with van der Waals surface area (Å²) in [5.41, 5.74) is 9.41. The molecule has 2 unspecified atom stereocenters. The summed E-state index contributed by atoms with van der Waals surface area (Å²) in [7, 11) is 0. The standard InChI is InChI=1S/C46H35N5S/c1-46(2)36-22-12-13-24-40(36)52-41-35(21-14-23-37(41)46)39-29-38(47-42(48-39)31-15-6-3-7-16-31)30-25-27-34(28-26-30)45-50-43(32-17-8-4-9-18-32)49-44(51-45)33-19-10-5-11-20-33/h3-29,35,41H,1-2H3. The van der Waals surface area contributed by atoms with Gasteiger partial charge in [0.2, 0.25) is 0 Å². The van der Waals surface area contributed by atoms with Crippen LogP contribution in [-0.2, 0) is 5.41 Å². The minimum absolute atomic E-state index is 0.0825. The Kier molecular flexibility index (Phi) is 8.17. The number of thioether (sulfide) groups is 1. The number of benzene rings is 5. The fraction of sp³-hybridized carbons (Fsp3) is 0.109. The first-order chi connectivity index (χ1) is 25.5. The van der Waals surface area contributed by atoms with E-state index in [1.54, 1.807) is 0 Å². The van der Waals surface area contributed by atoms with Crippen LogP contribution in [0.25, 0.3) is 56.8 Å². The van der Waals surface area contributed by atoms with Crippen molar-refractivity contribution in [3.63, 3.8) is 0 Å². The van der Waals surface area contributed by atoms with Gasteiger partial charge in [-0.05, 0) is 23.3 Å². The minimum Gasteiger partial charge on any atom is -0.232 e. The van der Waals surface area contributed by atoms with Crippen LogP contribution in [0.4, 0.5) is 0 Å². The van der Waals surface area contributed by atoms with E-state index in [1.807, 2.05) is 90.6 Å². The molecule has 3 heterocycles. The zero-order chi connectivity index (χ0) is 35.1. The van der Waals surface area contributed by atoms with Crippen molar-refractivity contribution in [1.29, 1.82) is 0 Å². The molecule has 0 saturated heterocycles. The SMILES string of the molecule is CC1(C)C2=CC=CC(c3cc(-c4ccc(-c5nc(-c6ccccc6)nc(-c6ccccc6)n5)cc4)nc(-c4ccccc4)n3)C2Sc2ccccc21. The van der Waals surface area contributed by atoms with E-state index >= 15 is 0 Å². The maximum Gasteiger partial charge on any atom is 0.164 e. The van der Waals surface area contributed by atoms with Crippen LogP contribution >= 0.6 is 11.8 Å². The predicted octanol–water partition coefficient (Wildman–Crippen LogP) is 11.0. The Morgan fingerprint density at radius 2 is 0.981 bits per heavy atom. The number of hydrogen-bond donors (Lipinski definition) is 0. The second kappa shape index (κ2) is 13.3. The van der Waals surface area contributed by atoms with Gasteiger partial charge in [-0.15, -0.1) is 11.8 Å². The van der Waals surface area contributed by atoms with E-state index in [1.165, 1.54) is 16.0 Å². The molecule has 1 aliphatic carbocycles. The van der Waals surface area contributed by atoms with Gasteiger partial charge in [0.25, 0.3) is 0 Å². The Bertz CT molecular complexity index is 2400. The Morgan fingerprint density at radius 1 is 0.500 bits per heavy atom. The van der Waals surface area contributed by atoms with Gasteiger partial charge < -0.3 is 0 Å². The molecular weight excluding hydrogens is 655 g/mol. The molecule has 6 heteroatoms. The van der Waals surface area contributed by atoms with Crippen LogP contribution in [0.3, 0.4) is 0 Å². The molecule has 1 aliphatic heterocycles. The van der Waals surface area contributed by atoms with Crippen LogP contribution < -0.4 is 0 Å². The smallest absolute Gasteiger partial charge is 0.164 e. The van der Waals surface area contributed by atoms with Crippen molar-refractivity contribution in [2.24, 2.45) is 0 Å². The third-order valence-corrected chi connectivity index (χ3v) is 11.4. The lowest BCUT2D eigenvalue weighted by molar-refractivity contribution is 0.557. The minimum atomic E-state index is -0.0841. The molecule has 7 aromatic rings. The molecule has 2 aliphatic rings. The molecule has 0 fully saturated rings. The van der Waals surface area contributed by atoms with E-state index in [-0.39, 0.29) is 16.6 Å². The molecule has 0 amide bonds. The van der Waals surface area contributed by atoms with Crippen molar-refractivity contribution >= 4 is 11.8 Å². The van der Waals surface area contributed by atoms with E-state index in [0.717, 1.165) is 45.0 Å². The maximum absolute atomic E-state index is 5.26. The topological polar surface area (TPSA) is 64.5 Å². The number of allylic oxidation sites excluding steroid dienone is 3. The number of fused-ring (bicyclic) bond motifs is 2. The highest BCUT2D eigenvalue weighted by Crippen LogP contribution is 2.54. The first-order valence-corrected chi connectivity index (χ1v) is 18.5. The summed E-state index contributed by atoms with van der Waals surface area (Å²) in [6, 6.07) is 49.8. The van der Waals surface area contributed by atoms with Crippen LogP contribution in [0.2, 0.25) is 0 Å². The summed E-state index contributed by atoms with van der Waals surface area (Å²) in [5.74, 6) is 2.71. The Labute approximate surface area is 308 Å². The molecular formula is C46H35N5S. The molecule has 2 aromatic heterocycles. The zero-order valence-corrected chi connectivity index (χ0v) is 29.7. The van der Waals surface area contributed by atoms with Crippen molar-refractivity contribution in [1.82, 2.24) is 24.9 Å². The quantitative estimate of drug-likeness (QED) is 0.173. The molecule has 0 bridgehead atoms. The monoisotopic (exact) mass is 689 g/mol. The second-order valence-electron chi connectivity index (χ2n) is 13.7. The first kappa shape index (κ1) is 32.0. The molecule has 5 nitrogen and oxygen atoms in total. The van der Waals surface area contributed by atoms with E-state index in [2.05, 4.69) is 98.8 Å². The van der Waals surface area contributed by atoms with Crippen molar-refractivity contribution < 1.29 is 0 Å². The molecule has 0 spiro atoms. The van der Waals surface area contributed by atoms with E-state index in [9.17, 15) is 0 Å². The van der Waals surface area contributed by atoms with Crippen LogP contribution in [0, 0.1) is 0 Å². The number of hydrogen-bond acceptors (Lipinski definition) is 6. The summed E-state index contributed by atoms with van der Waals surface area (Å²) in [6.45, 7) is 4.70. The van der Waals surface area contributed by atoms with E-state index in [0.29, 0.717) is 17.5 Å².